The van der Waals surface area contributed by atoms with Crippen molar-refractivity contribution in [3.8, 4) is 11.1 Å². The van der Waals surface area contributed by atoms with Crippen molar-refractivity contribution in [1.82, 2.24) is 15.3 Å². The van der Waals surface area contributed by atoms with Crippen molar-refractivity contribution in [1.29, 1.82) is 0 Å². The summed E-state index contributed by atoms with van der Waals surface area (Å²) in [4.78, 5) is 34.5. The number of aryl methyl sites for hydroxylation is 2. The van der Waals surface area contributed by atoms with E-state index in [0.29, 0.717) is 18.9 Å². The van der Waals surface area contributed by atoms with Crippen LogP contribution in [-0.2, 0) is 28.9 Å². The molecule has 2 amide bonds. The van der Waals surface area contributed by atoms with E-state index in [0.717, 1.165) is 44.8 Å². The number of amides is 2. The molecule has 0 saturated heterocycles. The molecular formula is C31H40N4O3. The van der Waals surface area contributed by atoms with Gasteiger partial charge in [0.2, 0.25) is 5.91 Å². The van der Waals surface area contributed by atoms with E-state index < -0.39 is 17.6 Å². The summed E-state index contributed by atoms with van der Waals surface area (Å²) in [6.45, 7) is 14.7. The van der Waals surface area contributed by atoms with Crippen LogP contribution in [0.5, 0.6) is 0 Å². The number of nitrogens with two attached hydrogens (primary N) is 1. The van der Waals surface area contributed by atoms with Gasteiger partial charge in [0.15, 0.2) is 0 Å². The molecule has 1 unspecified atom stereocenters. The molecule has 3 aromatic rings. The molecule has 0 aliphatic heterocycles. The van der Waals surface area contributed by atoms with Crippen LogP contribution in [0.3, 0.4) is 0 Å². The first-order valence-electron chi connectivity index (χ1n) is 13.1. The lowest BCUT2D eigenvalue weighted by atomic mass is 9.78. The van der Waals surface area contributed by atoms with E-state index in [2.05, 4.69) is 24.1 Å². The highest BCUT2D eigenvalue weighted by Crippen LogP contribution is 2.44. The molecule has 3 rings (SSSR count). The smallest absolute Gasteiger partial charge is 0.405 e. The fourth-order valence-corrected chi connectivity index (χ4v) is 4.62. The first kappa shape index (κ1) is 28.8. The van der Waals surface area contributed by atoms with E-state index in [1.807, 2.05) is 71.0 Å². The number of rotatable bonds is 9. The number of aromatic nitrogens is 2. The molecule has 0 radical (unpaired) electrons. The van der Waals surface area contributed by atoms with E-state index in [9.17, 15) is 9.59 Å². The van der Waals surface area contributed by atoms with E-state index in [4.69, 9.17) is 15.5 Å². The van der Waals surface area contributed by atoms with Crippen molar-refractivity contribution in [2.45, 2.75) is 74.0 Å². The van der Waals surface area contributed by atoms with Crippen LogP contribution in [0, 0.1) is 25.2 Å². The van der Waals surface area contributed by atoms with Gasteiger partial charge in [-0.2, -0.15) is 0 Å². The molecule has 0 fully saturated rings. The molecule has 2 aromatic heterocycles. The van der Waals surface area contributed by atoms with Gasteiger partial charge in [-0.25, -0.2) is 4.79 Å². The van der Waals surface area contributed by atoms with E-state index >= 15 is 0 Å². The van der Waals surface area contributed by atoms with Crippen LogP contribution in [-0.4, -0.2) is 22.0 Å². The molecule has 0 spiro atoms. The number of hydrogen-bond acceptors (Lipinski definition) is 5. The first-order chi connectivity index (χ1) is 17.9. The van der Waals surface area contributed by atoms with Crippen molar-refractivity contribution < 1.29 is 14.3 Å². The number of carbonyl (C=O) groups excluding carboxylic acids is 2. The maximum absolute atomic E-state index is 13.2. The number of nitrogens with zero attached hydrogens (tertiary/aromatic N) is 2. The van der Waals surface area contributed by atoms with E-state index in [1.165, 1.54) is 0 Å². The summed E-state index contributed by atoms with van der Waals surface area (Å²) in [5.74, 6) is 0.187. The van der Waals surface area contributed by atoms with Crippen LogP contribution >= 0.6 is 0 Å². The Bertz CT molecular complexity index is 1260. The average Bonchev–Trinajstić information content (AvgIpc) is 2.83. The molecule has 0 aliphatic carbocycles. The van der Waals surface area contributed by atoms with Crippen LogP contribution < -0.4 is 11.1 Å². The minimum atomic E-state index is -0.841. The number of primary amides is 1. The van der Waals surface area contributed by atoms with E-state index in [-0.39, 0.29) is 12.3 Å². The summed E-state index contributed by atoms with van der Waals surface area (Å²) in [7, 11) is 0. The second-order valence-electron chi connectivity index (χ2n) is 11.4. The van der Waals surface area contributed by atoms with Crippen LogP contribution in [0.25, 0.3) is 11.1 Å². The Labute approximate surface area is 226 Å². The van der Waals surface area contributed by atoms with Crippen LogP contribution in [0.4, 0.5) is 4.79 Å². The Morgan fingerprint density at radius 3 is 2.32 bits per heavy atom. The molecule has 0 aliphatic rings. The summed E-state index contributed by atoms with van der Waals surface area (Å²) >= 11 is 0. The predicted molar refractivity (Wildman–Crippen MR) is 150 cm³/mol. The van der Waals surface area contributed by atoms with Gasteiger partial charge in [-0.3, -0.25) is 14.8 Å². The van der Waals surface area contributed by atoms with Crippen LogP contribution in [0.15, 0.2) is 48.8 Å². The predicted octanol–water partition coefficient (Wildman–Crippen LogP) is 6.00. The molecule has 1 atom stereocenters. The second-order valence-corrected chi connectivity index (χ2v) is 11.4. The molecule has 7 heteroatoms. The zero-order valence-corrected chi connectivity index (χ0v) is 23.6. The van der Waals surface area contributed by atoms with Crippen molar-refractivity contribution in [2.75, 3.05) is 0 Å². The maximum Gasteiger partial charge on any atom is 0.405 e. The van der Waals surface area contributed by atoms with Gasteiger partial charge >= 0.3 is 6.09 Å². The summed E-state index contributed by atoms with van der Waals surface area (Å²) in [5.41, 5.74) is 12.2. The fourth-order valence-electron chi connectivity index (χ4n) is 4.62. The van der Waals surface area contributed by atoms with Gasteiger partial charge in [-0.1, -0.05) is 70.5 Å². The number of hydrogen-bond donors (Lipinski definition) is 2. The molecule has 0 saturated carbocycles. The van der Waals surface area contributed by atoms with Gasteiger partial charge in [0, 0.05) is 41.3 Å². The number of ether oxygens (including phenoxy) is 1. The highest BCUT2D eigenvalue weighted by Gasteiger charge is 2.36. The van der Waals surface area contributed by atoms with Crippen molar-refractivity contribution >= 4 is 12.0 Å². The van der Waals surface area contributed by atoms with Crippen molar-refractivity contribution in [3.05, 3.63) is 82.4 Å². The quantitative estimate of drug-likeness (QED) is 0.363. The lowest BCUT2D eigenvalue weighted by Crippen LogP contribution is -2.30. The second kappa shape index (κ2) is 12.2. The third-order valence-corrected chi connectivity index (χ3v) is 6.40. The number of carbonyl (C=O) groups is 2. The van der Waals surface area contributed by atoms with Gasteiger partial charge < -0.3 is 15.8 Å². The van der Waals surface area contributed by atoms with Gasteiger partial charge in [-0.15, -0.1) is 0 Å². The zero-order chi connectivity index (χ0) is 28.0. The Morgan fingerprint density at radius 2 is 1.76 bits per heavy atom. The Morgan fingerprint density at radius 1 is 1.08 bits per heavy atom. The number of benzene rings is 1. The molecule has 2 heterocycles. The van der Waals surface area contributed by atoms with Gasteiger partial charge in [0.05, 0.1) is 6.42 Å². The third-order valence-electron chi connectivity index (χ3n) is 6.40. The summed E-state index contributed by atoms with van der Waals surface area (Å²) in [6.07, 6.45) is 2.76. The molecule has 0 bridgehead atoms. The molecule has 1 aromatic carbocycles. The topological polar surface area (TPSA) is 107 Å². The van der Waals surface area contributed by atoms with Gasteiger partial charge in [0.1, 0.15) is 6.10 Å². The monoisotopic (exact) mass is 516 g/mol. The van der Waals surface area contributed by atoms with Gasteiger partial charge in [-0.05, 0) is 54.5 Å². The van der Waals surface area contributed by atoms with Crippen LogP contribution in [0.1, 0.15) is 74.4 Å². The maximum atomic E-state index is 13.2. The molecule has 202 valence electrons. The Balaban J connectivity index is 2.22. The Kier molecular flexibility index (Phi) is 9.26. The fraction of sp³-hybridized carbons (Fsp3) is 0.419. The van der Waals surface area contributed by atoms with E-state index in [1.54, 1.807) is 12.4 Å². The zero-order valence-electron chi connectivity index (χ0n) is 23.6. The lowest BCUT2D eigenvalue weighted by Gasteiger charge is -2.34. The molecule has 7 nitrogen and oxygen atoms in total. The summed E-state index contributed by atoms with van der Waals surface area (Å²) < 4.78 is 5.81. The lowest BCUT2D eigenvalue weighted by molar-refractivity contribution is -0.120. The molecular weight excluding hydrogens is 476 g/mol. The summed E-state index contributed by atoms with van der Waals surface area (Å²) in [5, 5.41) is 3.01. The average molecular weight is 517 g/mol. The van der Waals surface area contributed by atoms with Crippen LogP contribution in [0.2, 0.25) is 0 Å². The largest absolute Gasteiger partial charge is 0.441 e. The minimum absolute atomic E-state index is 0.127. The highest BCUT2D eigenvalue weighted by atomic mass is 16.6. The van der Waals surface area contributed by atoms with Gasteiger partial charge in [0.25, 0.3) is 0 Å². The molecule has 3 N–H and O–H groups in total. The minimum Gasteiger partial charge on any atom is -0.441 e. The Hall–Kier alpha value is -3.74. The third kappa shape index (κ3) is 7.40. The van der Waals surface area contributed by atoms with Crippen molar-refractivity contribution in [2.24, 2.45) is 17.1 Å². The van der Waals surface area contributed by atoms with Crippen molar-refractivity contribution in [3.63, 3.8) is 0 Å². The highest BCUT2D eigenvalue weighted by molar-refractivity contribution is 5.84. The molecule has 38 heavy (non-hydrogen) atoms. The standard InChI is InChI=1S/C31H40N4O3/c1-19(2)15-25-28(29(31(5,6)7)38-30(32)37)27(23-12-10-20(3)11-13-23)24(21(4)35-25)16-26(36)34-18-22-9-8-14-33-17-22/h8-14,17,19,29H,15-16,18H2,1-7H3,(H2,32,37)(H,34,36). The summed E-state index contributed by atoms with van der Waals surface area (Å²) in [6, 6.07) is 12.0. The SMILES string of the molecule is Cc1ccc(-c2c(CC(=O)NCc3cccnc3)c(C)nc(CC(C)C)c2C(OC(N)=O)C(C)(C)C)cc1. The normalized spacial score (nSPS) is 12.3. The first-order valence-corrected chi connectivity index (χ1v) is 13.1. The number of pyridine rings is 2. The number of nitrogens with one attached hydrogen (secondary N) is 1.